The second-order valence-electron chi connectivity index (χ2n) is 4.43. The number of carbonyl (C=O) groups is 3. The molecule has 9 nitrogen and oxygen atoms in total. The van der Waals surface area contributed by atoms with Crippen molar-refractivity contribution in [2.45, 2.75) is 11.7 Å². The molecule has 1 aliphatic rings. The highest BCUT2D eigenvalue weighted by Crippen LogP contribution is 2.22. The first kappa shape index (κ1) is 16.5. The smallest absolute Gasteiger partial charge is 0.339 e. The van der Waals surface area contributed by atoms with Gasteiger partial charge in [0.05, 0.1) is 12.6 Å². The number of aliphatic carboxylic acids is 1. The third kappa shape index (κ3) is 4.30. The highest BCUT2D eigenvalue weighted by molar-refractivity contribution is 8.15. The van der Waals surface area contributed by atoms with E-state index < -0.39 is 23.1 Å². The molecule has 4 N–H and O–H groups in total. The molecule has 2 rings (SSSR count). The van der Waals surface area contributed by atoms with E-state index in [1.54, 1.807) is 0 Å². The number of thioether (sulfide) groups is 1. The van der Waals surface area contributed by atoms with Crippen LogP contribution in [0.1, 0.15) is 22.3 Å². The van der Waals surface area contributed by atoms with Crippen LogP contribution < -0.4 is 5.32 Å². The van der Waals surface area contributed by atoms with Crippen molar-refractivity contribution < 1.29 is 29.7 Å². The lowest BCUT2D eigenvalue weighted by molar-refractivity contribution is -0.138. The lowest BCUT2D eigenvalue weighted by atomic mass is 10.1. The zero-order valence-corrected chi connectivity index (χ0v) is 12.3. The molecule has 1 atom stereocenters. The maximum atomic E-state index is 11.5. The van der Waals surface area contributed by atoms with Crippen molar-refractivity contribution in [3.63, 3.8) is 0 Å². The van der Waals surface area contributed by atoms with E-state index in [2.05, 4.69) is 15.5 Å². The first-order chi connectivity index (χ1) is 10.9. The maximum Gasteiger partial charge on any atom is 0.339 e. The van der Waals surface area contributed by atoms with Gasteiger partial charge < -0.3 is 20.6 Å². The van der Waals surface area contributed by atoms with Gasteiger partial charge in [-0.1, -0.05) is 11.8 Å². The highest BCUT2D eigenvalue weighted by atomic mass is 32.2. The van der Waals surface area contributed by atoms with Crippen molar-refractivity contribution in [2.75, 3.05) is 0 Å². The molecule has 1 heterocycles. The average Bonchev–Trinajstić information content (AvgIpc) is 2.80. The lowest BCUT2D eigenvalue weighted by Crippen LogP contribution is -2.26. The molecule has 10 heteroatoms. The summed E-state index contributed by atoms with van der Waals surface area (Å²) in [5, 5.41) is 36.2. The van der Waals surface area contributed by atoms with Gasteiger partial charge in [0.2, 0.25) is 5.91 Å². The molecule has 1 aromatic rings. The third-order valence-electron chi connectivity index (χ3n) is 2.74. The molecule has 0 bridgehead atoms. The normalized spacial score (nSPS) is 19.2. The van der Waals surface area contributed by atoms with E-state index in [1.807, 2.05) is 0 Å². The molecule has 0 saturated carbocycles. The predicted molar refractivity (Wildman–Crippen MR) is 81.9 cm³/mol. The fourth-order valence-electron chi connectivity index (χ4n) is 1.70. The van der Waals surface area contributed by atoms with Crippen LogP contribution in [0.25, 0.3) is 0 Å². The summed E-state index contributed by atoms with van der Waals surface area (Å²) in [5.74, 6) is -3.19. The number of carboxylic acids is 2. The third-order valence-corrected chi connectivity index (χ3v) is 3.82. The number of carbonyl (C=O) groups excluding carboxylic acids is 1. The Kier molecular flexibility index (Phi) is 4.96. The molecule has 0 aromatic heterocycles. The standard InChI is InChI=1S/C13H11N3O6S/c17-8-2-1-6(3-7(8)12(21)22)5-14-16-13-15-11(20)9(23-13)4-10(18)19/h1-3,5,9,17H,4H2,(H,18,19)(H,21,22)(H,15,16,20). The van der Waals surface area contributed by atoms with Crippen LogP contribution in [0.2, 0.25) is 0 Å². The molecule has 0 spiro atoms. The summed E-state index contributed by atoms with van der Waals surface area (Å²) in [4.78, 5) is 33.0. The van der Waals surface area contributed by atoms with Crippen LogP contribution in [0.3, 0.4) is 0 Å². The van der Waals surface area contributed by atoms with Gasteiger partial charge >= 0.3 is 11.9 Å². The second-order valence-corrected chi connectivity index (χ2v) is 5.62. The van der Waals surface area contributed by atoms with Crippen LogP contribution in [-0.2, 0) is 9.59 Å². The summed E-state index contributed by atoms with van der Waals surface area (Å²) in [6, 6.07) is 3.88. The minimum atomic E-state index is -1.28. The van der Waals surface area contributed by atoms with Crippen LogP contribution in [0.15, 0.2) is 28.4 Å². The van der Waals surface area contributed by atoms with Gasteiger partial charge in [0.1, 0.15) is 16.6 Å². The van der Waals surface area contributed by atoms with Gasteiger partial charge in [-0.15, -0.1) is 5.10 Å². The number of amides is 1. The van der Waals surface area contributed by atoms with Crippen molar-refractivity contribution in [3.05, 3.63) is 29.3 Å². The van der Waals surface area contributed by atoms with Crippen molar-refractivity contribution >= 4 is 41.0 Å². The number of carboxylic acid groups (broad SMARTS) is 2. The molecular weight excluding hydrogens is 326 g/mol. The van der Waals surface area contributed by atoms with Crippen molar-refractivity contribution in [1.29, 1.82) is 0 Å². The van der Waals surface area contributed by atoms with E-state index in [4.69, 9.17) is 10.2 Å². The topological polar surface area (TPSA) is 149 Å². The summed E-state index contributed by atoms with van der Waals surface area (Å²) in [5.41, 5.74) is 0.118. The molecule has 1 unspecified atom stereocenters. The minimum absolute atomic E-state index is 0.162. The Balaban J connectivity index is 2.07. The molecule has 1 aliphatic heterocycles. The highest BCUT2D eigenvalue weighted by Gasteiger charge is 2.32. The maximum absolute atomic E-state index is 11.5. The van der Waals surface area contributed by atoms with Gasteiger partial charge in [-0.2, -0.15) is 5.10 Å². The molecule has 1 saturated heterocycles. The first-order valence-corrected chi connectivity index (χ1v) is 7.11. The summed E-state index contributed by atoms with van der Waals surface area (Å²) in [6.07, 6.45) is 0.926. The molecule has 0 aliphatic carbocycles. The fraction of sp³-hybridized carbons (Fsp3) is 0.154. The van der Waals surface area contributed by atoms with Gasteiger partial charge in [0, 0.05) is 0 Å². The van der Waals surface area contributed by atoms with Gasteiger partial charge in [-0.25, -0.2) is 4.79 Å². The number of amidine groups is 1. The molecular formula is C13H11N3O6S. The van der Waals surface area contributed by atoms with Crippen LogP contribution in [0, 0.1) is 0 Å². The number of nitrogens with zero attached hydrogens (tertiary/aromatic N) is 2. The minimum Gasteiger partial charge on any atom is -0.507 e. The Labute approximate surface area is 133 Å². The molecule has 1 fully saturated rings. The fourth-order valence-corrected chi connectivity index (χ4v) is 2.61. The zero-order chi connectivity index (χ0) is 17.0. The number of aromatic hydroxyl groups is 1. The van der Waals surface area contributed by atoms with E-state index in [9.17, 15) is 19.5 Å². The SMILES string of the molecule is O=C(O)CC1SC(=NN=Cc2ccc(O)c(C(=O)O)c2)NC1=O. The Morgan fingerprint density at radius 3 is 2.74 bits per heavy atom. The molecule has 23 heavy (non-hydrogen) atoms. The van der Waals surface area contributed by atoms with Gasteiger partial charge in [-0.05, 0) is 23.8 Å². The Morgan fingerprint density at radius 1 is 1.35 bits per heavy atom. The monoisotopic (exact) mass is 337 g/mol. The summed E-state index contributed by atoms with van der Waals surface area (Å²) in [7, 11) is 0. The first-order valence-electron chi connectivity index (χ1n) is 6.23. The predicted octanol–water partition coefficient (Wildman–Crippen LogP) is 0.487. The zero-order valence-electron chi connectivity index (χ0n) is 11.5. The summed E-state index contributed by atoms with van der Waals surface area (Å²) < 4.78 is 0. The van der Waals surface area contributed by atoms with E-state index >= 15 is 0 Å². The second kappa shape index (κ2) is 6.92. The van der Waals surface area contributed by atoms with Gasteiger partial charge in [0.25, 0.3) is 0 Å². The average molecular weight is 337 g/mol. The Hall–Kier alpha value is -2.88. The van der Waals surface area contributed by atoms with Crippen molar-refractivity contribution in [2.24, 2.45) is 10.2 Å². The summed E-state index contributed by atoms with van der Waals surface area (Å²) in [6.45, 7) is 0. The van der Waals surface area contributed by atoms with E-state index in [0.717, 1.165) is 11.8 Å². The number of hydrogen-bond acceptors (Lipinski definition) is 7. The van der Waals surface area contributed by atoms with Crippen LogP contribution in [0.5, 0.6) is 5.75 Å². The number of nitrogens with one attached hydrogen (secondary N) is 1. The number of hydrogen-bond donors (Lipinski definition) is 4. The number of aromatic carboxylic acids is 1. The quantitative estimate of drug-likeness (QED) is 0.451. The van der Waals surface area contributed by atoms with Crippen LogP contribution in [0.4, 0.5) is 0 Å². The number of benzene rings is 1. The molecule has 0 radical (unpaired) electrons. The molecule has 1 amide bonds. The van der Waals surface area contributed by atoms with Crippen molar-refractivity contribution in [3.8, 4) is 5.75 Å². The van der Waals surface area contributed by atoms with E-state index in [1.165, 1.54) is 24.4 Å². The molecule has 120 valence electrons. The van der Waals surface area contributed by atoms with E-state index in [0.29, 0.717) is 5.56 Å². The lowest BCUT2D eigenvalue weighted by Gasteiger charge is -1.99. The molecule has 1 aromatic carbocycles. The Bertz CT molecular complexity index is 730. The van der Waals surface area contributed by atoms with E-state index in [-0.39, 0.29) is 22.9 Å². The van der Waals surface area contributed by atoms with Crippen LogP contribution >= 0.6 is 11.8 Å². The van der Waals surface area contributed by atoms with Gasteiger partial charge in [0.15, 0.2) is 5.17 Å². The van der Waals surface area contributed by atoms with Crippen molar-refractivity contribution in [1.82, 2.24) is 5.32 Å². The summed E-state index contributed by atoms with van der Waals surface area (Å²) >= 11 is 0.953. The Morgan fingerprint density at radius 2 is 2.09 bits per heavy atom. The number of rotatable bonds is 5. The van der Waals surface area contributed by atoms with Crippen LogP contribution in [-0.4, -0.2) is 49.8 Å². The largest absolute Gasteiger partial charge is 0.507 e. The number of phenols is 1. The van der Waals surface area contributed by atoms with Gasteiger partial charge in [-0.3, -0.25) is 9.59 Å².